The molecule has 0 spiro atoms. The largest absolute Gasteiger partial charge is 0.463 e. The van der Waals surface area contributed by atoms with Crippen molar-refractivity contribution >= 4 is 11.9 Å². The first-order valence-corrected chi connectivity index (χ1v) is 6.38. The minimum atomic E-state index is 0.197. The first-order chi connectivity index (χ1) is 8.52. The summed E-state index contributed by atoms with van der Waals surface area (Å²) in [5.74, 6) is 1.40. The number of nitrogens with zero attached hydrogens (tertiary/aromatic N) is 4. The Morgan fingerprint density at radius 2 is 2.00 bits per heavy atom. The third kappa shape index (κ3) is 4.73. The highest BCUT2D eigenvalue weighted by atomic mass is 16.5. The predicted molar refractivity (Wildman–Crippen MR) is 72.8 cm³/mol. The van der Waals surface area contributed by atoms with Gasteiger partial charge in [0.25, 0.3) is 0 Å². The van der Waals surface area contributed by atoms with Crippen LogP contribution in [0.2, 0.25) is 0 Å². The molecule has 1 aromatic heterocycles. The van der Waals surface area contributed by atoms with Crippen LogP contribution in [0.25, 0.3) is 0 Å². The molecule has 0 atom stereocenters. The number of rotatable bonds is 7. The van der Waals surface area contributed by atoms with Crippen molar-refractivity contribution in [3.63, 3.8) is 0 Å². The normalized spacial score (nSPS) is 10.7. The van der Waals surface area contributed by atoms with E-state index in [1.807, 2.05) is 18.9 Å². The van der Waals surface area contributed by atoms with Crippen molar-refractivity contribution in [1.82, 2.24) is 15.0 Å². The van der Waals surface area contributed by atoms with Gasteiger partial charge in [0.1, 0.15) is 0 Å². The number of nitrogens with two attached hydrogens (primary N) is 1. The second-order valence-electron chi connectivity index (χ2n) is 4.73. The highest BCUT2D eigenvalue weighted by Crippen LogP contribution is 2.13. The molecule has 0 aliphatic heterocycles. The Labute approximate surface area is 109 Å². The van der Waals surface area contributed by atoms with E-state index in [1.165, 1.54) is 0 Å². The number of nitrogen functional groups attached to an aromatic ring is 1. The number of hydrogen-bond acceptors (Lipinski definition) is 6. The molecule has 102 valence electrons. The molecule has 0 aromatic carbocycles. The maximum Gasteiger partial charge on any atom is 0.323 e. The van der Waals surface area contributed by atoms with Gasteiger partial charge < -0.3 is 15.4 Å². The van der Waals surface area contributed by atoms with Gasteiger partial charge in [0.05, 0.1) is 6.61 Å². The van der Waals surface area contributed by atoms with Crippen LogP contribution in [-0.2, 0) is 0 Å². The van der Waals surface area contributed by atoms with Crippen LogP contribution < -0.4 is 15.4 Å². The second kappa shape index (κ2) is 6.98. The minimum Gasteiger partial charge on any atom is -0.463 e. The van der Waals surface area contributed by atoms with E-state index in [0.29, 0.717) is 24.5 Å². The maximum atomic E-state index is 5.66. The fourth-order valence-corrected chi connectivity index (χ4v) is 1.34. The van der Waals surface area contributed by atoms with E-state index in [9.17, 15) is 0 Å². The van der Waals surface area contributed by atoms with Gasteiger partial charge in [0.15, 0.2) is 0 Å². The molecule has 0 unspecified atom stereocenters. The van der Waals surface area contributed by atoms with Crippen molar-refractivity contribution in [2.75, 3.05) is 30.8 Å². The fraction of sp³-hybridized carbons (Fsp3) is 0.750. The van der Waals surface area contributed by atoms with Crippen LogP contribution in [0.15, 0.2) is 0 Å². The highest BCUT2D eigenvalue weighted by molar-refractivity contribution is 5.34. The fourth-order valence-electron chi connectivity index (χ4n) is 1.34. The summed E-state index contributed by atoms with van der Waals surface area (Å²) in [6, 6.07) is 0.302. The summed E-state index contributed by atoms with van der Waals surface area (Å²) in [6.45, 7) is 7.87. The van der Waals surface area contributed by atoms with E-state index < -0.39 is 0 Å². The molecule has 6 nitrogen and oxygen atoms in total. The van der Waals surface area contributed by atoms with Gasteiger partial charge in [0.2, 0.25) is 11.9 Å². The maximum absolute atomic E-state index is 5.66. The van der Waals surface area contributed by atoms with Crippen LogP contribution in [0.4, 0.5) is 11.9 Å². The van der Waals surface area contributed by atoms with Crippen LogP contribution in [0, 0.1) is 5.92 Å². The van der Waals surface area contributed by atoms with Crippen LogP contribution in [0.1, 0.15) is 33.6 Å². The average molecular weight is 253 g/mol. The first-order valence-electron chi connectivity index (χ1n) is 6.38. The van der Waals surface area contributed by atoms with Gasteiger partial charge >= 0.3 is 6.01 Å². The molecule has 0 bridgehead atoms. The van der Waals surface area contributed by atoms with Crippen molar-refractivity contribution < 1.29 is 4.74 Å². The molecule has 6 heteroatoms. The zero-order chi connectivity index (χ0) is 13.5. The van der Waals surface area contributed by atoms with E-state index in [2.05, 4.69) is 28.8 Å². The lowest BCUT2D eigenvalue weighted by Gasteiger charge is -2.18. The second-order valence-corrected chi connectivity index (χ2v) is 4.73. The average Bonchev–Trinajstić information content (AvgIpc) is 2.32. The lowest BCUT2D eigenvalue weighted by molar-refractivity contribution is 0.292. The summed E-state index contributed by atoms with van der Waals surface area (Å²) in [4.78, 5) is 14.3. The summed E-state index contributed by atoms with van der Waals surface area (Å²) >= 11 is 0. The molecule has 1 aromatic rings. The summed E-state index contributed by atoms with van der Waals surface area (Å²) < 4.78 is 5.38. The molecule has 0 saturated carbocycles. The van der Waals surface area contributed by atoms with Crippen molar-refractivity contribution in [2.45, 2.75) is 33.6 Å². The Hall–Kier alpha value is -1.59. The van der Waals surface area contributed by atoms with Gasteiger partial charge in [-0.05, 0) is 18.8 Å². The number of hydrogen-bond donors (Lipinski definition) is 1. The molecule has 0 amide bonds. The van der Waals surface area contributed by atoms with Crippen LogP contribution in [0.5, 0.6) is 6.01 Å². The molecule has 1 heterocycles. The standard InChI is InChI=1S/C12H23N5O/c1-5-8-18-12-15-10(13)14-11(16-12)17(4)7-6-9(2)3/h9H,5-8H2,1-4H3,(H2,13,14,15,16). The van der Waals surface area contributed by atoms with Crippen LogP contribution >= 0.6 is 0 Å². The third-order valence-electron chi connectivity index (χ3n) is 2.44. The lowest BCUT2D eigenvalue weighted by atomic mass is 10.1. The first kappa shape index (κ1) is 14.5. The molecule has 18 heavy (non-hydrogen) atoms. The SMILES string of the molecule is CCCOc1nc(N)nc(N(C)CCC(C)C)n1. The quantitative estimate of drug-likeness (QED) is 0.797. The lowest BCUT2D eigenvalue weighted by Crippen LogP contribution is -2.23. The molecule has 2 N–H and O–H groups in total. The van der Waals surface area contributed by atoms with Gasteiger partial charge in [-0.3, -0.25) is 0 Å². The molecule has 0 aliphatic rings. The predicted octanol–water partition coefficient (Wildman–Crippen LogP) is 1.72. The molecule has 1 rings (SSSR count). The van der Waals surface area contributed by atoms with E-state index in [4.69, 9.17) is 10.5 Å². The summed E-state index contributed by atoms with van der Waals surface area (Å²) in [6.07, 6.45) is 1.98. The van der Waals surface area contributed by atoms with Crippen LogP contribution in [-0.4, -0.2) is 35.2 Å². The Kier molecular flexibility index (Phi) is 5.61. The van der Waals surface area contributed by atoms with Gasteiger partial charge in [-0.25, -0.2) is 0 Å². The van der Waals surface area contributed by atoms with E-state index in [-0.39, 0.29) is 5.95 Å². The van der Waals surface area contributed by atoms with Gasteiger partial charge in [-0.2, -0.15) is 15.0 Å². The van der Waals surface area contributed by atoms with E-state index in [0.717, 1.165) is 19.4 Å². The molecule has 0 radical (unpaired) electrons. The van der Waals surface area contributed by atoms with Crippen molar-refractivity contribution in [3.05, 3.63) is 0 Å². The molecule has 0 aliphatic carbocycles. The van der Waals surface area contributed by atoms with Gasteiger partial charge in [-0.15, -0.1) is 0 Å². The monoisotopic (exact) mass is 253 g/mol. The zero-order valence-corrected chi connectivity index (χ0v) is 11.7. The highest BCUT2D eigenvalue weighted by Gasteiger charge is 2.10. The Morgan fingerprint density at radius 3 is 2.61 bits per heavy atom. The summed E-state index contributed by atoms with van der Waals surface area (Å²) in [7, 11) is 1.95. The Bertz CT molecular complexity index is 369. The molecule has 0 saturated heterocycles. The third-order valence-corrected chi connectivity index (χ3v) is 2.44. The van der Waals surface area contributed by atoms with Crippen molar-refractivity contribution in [2.24, 2.45) is 5.92 Å². The Balaban J connectivity index is 2.71. The Morgan fingerprint density at radius 1 is 1.28 bits per heavy atom. The number of anilines is 2. The zero-order valence-electron chi connectivity index (χ0n) is 11.7. The van der Waals surface area contributed by atoms with Crippen molar-refractivity contribution in [1.29, 1.82) is 0 Å². The van der Waals surface area contributed by atoms with E-state index >= 15 is 0 Å². The topological polar surface area (TPSA) is 77.2 Å². The van der Waals surface area contributed by atoms with Gasteiger partial charge in [0, 0.05) is 13.6 Å². The number of ether oxygens (including phenoxy) is 1. The molecular weight excluding hydrogens is 230 g/mol. The minimum absolute atomic E-state index is 0.197. The van der Waals surface area contributed by atoms with E-state index in [1.54, 1.807) is 0 Å². The smallest absolute Gasteiger partial charge is 0.323 e. The van der Waals surface area contributed by atoms with Gasteiger partial charge in [-0.1, -0.05) is 20.8 Å². The number of aromatic nitrogens is 3. The summed E-state index contributed by atoms with van der Waals surface area (Å²) in [5, 5.41) is 0. The molecular formula is C12H23N5O. The van der Waals surface area contributed by atoms with Crippen molar-refractivity contribution in [3.8, 4) is 6.01 Å². The van der Waals surface area contributed by atoms with Crippen LogP contribution in [0.3, 0.4) is 0 Å². The molecule has 0 fully saturated rings. The summed E-state index contributed by atoms with van der Waals surface area (Å²) in [5.41, 5.74) is 5.66.